The predicted molar refractivity (Wildman–Crippen MR) is 54.8 cm³/mol. The Morgan fingerprint density at radius 1 is 1.40 bits per heavy atom. The molecule has 0 aliphatic carbocycles. The Kier molecular flexibility index (Phi) is 3.77. The van der Waals surface area contributed by atoms with Gasteiger partial charge in [0.25, 0.3) is 0 Å². The molecule has 15 heavy (non-hydrogen) atoms. The summed E-state index contributed by atoms with van der Waals surface area (Å²) in [6.45, 7) is 3.51. The lowest BCUT2D eigenvalue weighted by Crippen LogP contribution is -2.11. The van der Waals surface area contributed by atoms with Gasteiger partial charge in [-0.1, -0.05) is 12.1 Å². The summed E-state index contributed by atoms with van der Waals surface area (Å²) in [4.78, 5) is 25.1. The van der Waals surface area contributed by atoms with Gasteiger partial charge in [0.05, 0.1) is 17.4 Å². The van der Waals surface area contributed by atoms with Crippen molar-refractivity contribution >= 4 is 17.7 Å². The first-order chi connectivity index (χ1) is 7.15. The normalized spacial score (nSPS) is 9.53. The Bertz CT molecular complexity index is 406. The van der Waals surface area contributed by atoms with Gasteiger partial charge < -0.3 is 4.74 Å². The average molecular weight is 205 g/mol. The third-order valence-corrected chi connectivity index (χ3v) is 1.63. The van der Waals surface area contributed by atoms with Crippen LogP contribution >= 0.6 is 0 Å². The minimum Gasteiger partial charge on any atom is -0.459 e. The molecule has 0 spiro atoms. The number of hydrogen-bond acceptors (Lipinski definition) is 4. The zero-order valence-electron chi connectivity index (χ0n) is 8.56. The number of nitrogens with zero attached hydrogens (tertiary/aromatic N) is 1. The summed E-state index contributed by atoms with van der Waals surface area (Å²) in [5, 5.41) is 0. The fourth-order valence-electron chi connectivity index (χ4n) is 1.07. The van der Waals surface area contributed by atoms with E-state index in [2.05, 4.69) is 4.99 Å². The number of benzene rings is 1. The summed E-state index contributed by atoms with van der Waals surface area (Å²) in [7, 11) is 0. The van der Waals surface area contributed by atoms with Crippen molar-refractivity contribution in [2.24, 2.45) is 4.99 Å². The van der Waals surface area contributed by atoms with Gasteiger partial charge in [-0.3, -0.25) is 0 Å². The predicted octanol–water partition coefficient (Wildman–Crippen LogP) is 2.22. The molecular weight excluding hydrogens is 194 g/mol. The molecule has 0 N–H and O–H groups in total. The first-order valence-electron chi connectivity index (χ1n) is 4.53. The summed E-state index contributed by atoms with van der Waals surface area (Å²) in [5.74, 6) is -0.486. The largest absolute Gasteiger partial charge is 0.459 e. The van der Waals surface area contributed by atoms with Crippen molar-refractivity contribution in [3.63, 3.8) is 0 Å². The van der Waals surface area contributed by atoms with Crippen molar-refractivity contribution in [2.75, 3.05) is 0 Å². The van der Waals surface area contributed by atoms with Crippen LogP contribution in [0.2, 0.25) is 0 Å². The SMILES string of the molecule is CC(C)OC(=O)c1ccccc1N=C=O. The van der Waals surface area contributed by atoms with Gasteiger partial charge in [-0.25, -0.2) is 9.59 Å². The van der Waals surface area contributed by atoms with E-state index in [0.717, 1.165) is 0 Å². The van der Waals surface area contributed by atoms with Crippen LogP contribution in [-0.2, 0) is 9.53 Å². The standard InChI is InChI=1S/C11H11NO3/c1-8(2)15-11(14)9-5-3-4-6-10(9)12-7-13/h3-6,8H,1-2H3. The monoisotopic (exact) mass is 205 g/mol. The van der Waals surface area contributed by atoms with Crippen molar-refractivity contribution in [3.05, 3.63) is 29.8 Å². The van der Waals surface area contributed by atoms with Crippen molar-refractivity contribution in [1.29, 1.82) is 0 Å². The van der Waals surface area contributed by atoms with Gasteiger partial charge in [-0.15, -0.1) is 0 Å². The van der Waals surface area contributed by atoms with Crippen molar-refractivity contribution in [3.8, 4) is 0 Å². The first-order valence-corrected chi connectivity index (χ1v) is 4.53. The molecule has 0 saturated carbocycles. The molecule has 0 radical (unpaired) electrons. The molecule has 0 aliphatic heterocycles. The second-order valence-electron chi connectivity index (χ2n) is 3.17. The number of esters is 1. The van der Waals surface area contributed by atoms with E-state index in [1.807, 2.05) is 0 Å². The number of rotatable bonds is 3. The topological polar surface area (TPSA) is 55.7 Å². The quantitative estimate of drug-likeness (QED) is 0.432. The van der Waals surface area contributed by atoms with Crippen LogP contribution in [-0.4, -0.2) is 18.2 Å². The Morgan fingerprint density at radius 3 is 2.67 bits per heavy atom. The molecular formula is C11H11NO3. The van der Waals surface area contributed by atoms with Gasteiger partial charge in [0.2, 0.25) is 6.08 Å². The number of hydrogen-bond donors (Lipinski definition) is 0. The van der Waals surface area contributed by atoms with Crippen LogP contribution in [0.5, 0.6) is 0 Å². The lowest BCUT2D eigenvalue weighted by atomic mass is 10.2. The van der Waals surface area contributed by atoms with Crippen LogP contribution in [0.15, 0.2) is 29.3 Å². The van der Waals surface area contributed by atoms with E-state index in [9.17, 15) is 9.59 Å². The van der Waals surface area contributed by atoms with Crippen LogP contribution < -0.4 is 0 Å². The molecule has 0 aromatic heterocycles. The van der Waals surface area contributed by atoms with Crippen LogP contribution in [0.3, 0.4) is 0 Å². The Labute approximate surface area is 87.6 Å². The molecule has 0 heterocycles. The Balaban J connectivity index is 3.02. The molecule has 78 valence electrons. The van der Waals surface area contributed by atoms with Crippen molar-refractivity contribution in [2.45, 2.75) is 20.0 Å². The van der Waals surface area contributed by atoms with Crippen LogP contribution in [0.4, 0.5) is 5.69 Å². The molecule has 0 amide bonds. The number of ether oxygens (including phenoxy) is 1. The Hall–Kier alpha value is -1.93. The highest BCUT2D eigenvalue weighted by atomic mass is 16.5. The maximum Gasteiger partial charge on any atom is 0.340 e. The zero-order valence-corrected chi connectivity index (χ0v) is 8.56. The van der Waals surface area contributed by atoms with E-state index >= 15 is 0 Å². The highest BCUT2D eigenvalue weighted by Gasteiger charge is 2.12. The van der Waals surface area contributed by atoms with E-state index in [-0.39, 0.29) is 17.4 Å². The number of carbonyl (C=O) groups excluding carboxylic acids is 2. The highest BCUT2D eigenvalue weighted by Crippen LogP contribution is 2.19. The molecule has 0 fully saturated rings. The minimum absolute atomic E-state index is 0.203. The van der Waals surface area contributed by atoms with Gasteiger partial charge >= 0.3 is 5.97 Å². The lowest BCUT2D eigenvalue weighted by molar-refractivity contribution is 0.0379. The molecule has 1 rings (SSSR count). The van der Waals surface area contributed by atoms with Crippen molar-refractivity contribution < 1.29 is 14.3 Å². The molecule has 4 heteroatoms. The van der Waals surface area contributed by atoms with Gasteiger partial charge in [0, 0.05) is 0 Å². The summed E-state index contributed by atoms with van der Waals surface area (Å²) >= 11 is 0. The summed E-state index contributed by atoms with van der Waals surface area (Å²) in [6.07, 6.45) is 1.20. The molecule has 4 nitrogen and oxygen atoms in total. The molecule has 1 aromatic carbocycles. The molecule has 1 aromatic rings. The number of para-hydroxylation sites is 1. The van der Waals surface area contributed by atoms with Gasteiger partial charge in [0.15, 0.2) is 0 Å². The molecule has 0 atom stereocenters. The third-order valence-electron chi connectivity index (χ3n) is 1.63. The minimum atomic E-state index is -0.486. The molecule has 0 saturated heterocycles. The fourth-order valence-corrected chi connectivity index (χ4v) is 1.07. The second-order valence-corrected chi connectivity index (χ2v) is 3.17. The molecule has 0 unspecified atom stereocenters. The third kappa shape index (κ3) is 3.04. The maximum atomic E-state index is 11.5. The summed E-state index contributed by atoms with van der Waals surface area (Å²) < 4.78 is 4.99. The number of isocyanates is 1. The van der Waals surface area contributed by atoms with E-state index in [4.69, 9.17) is 4.74 Å². The average Bonchev–Trinajstić information content (AvgIpc) is 2.18. The fraction of sp³-hybridized carbons (Fsp3) is 0.273. The van der Waals surface area contributed by atoms with Crippen LogP contribution in [0, 0.1) is 0 Å². The van der Waals surface area contributed by atoms with E-state index in [0.29, 0.717) is 0 Å². The Morgan fingerprint density at radius 2 is 2.07 bits per heavy atom. The van der Waals surface area contributed by atoms with E-state index < -0.39 is 5.97 Å². The van der Waals surface area contributed by atoms with Gasteiger partial charge in [-0.2, -0.15) is 4.99 Å². The van der Waals surface area contributed by atoms with Gasteiger partial charge in [-0.05, 0) is 26.0 Å². The smallest absolute Gasteiger partial charge is 0.340 e. The van der Waals surface area contributed by atoms with Crippen molar-refractivity contribution in [1.82, 2.24) is 0 Å². The van der Waals surface area contributed by atoms with Gasteiger partial charge in [0.1, 0.15) is 0 Å². The van der Waals surface area contributed by atoms with E-state index in [1.54, 1.807) is 38.1 Å². The number of aliphatic imine (C=N–C) groups is 1. The highest BCUT2D eigenvalue weighted by molar-refractivity contribution is 5.95. The zero-order chi connectivity index (χ0) is 11.3. The molecule has 0 aliphatic rings. The van der Waals surface area contributed by atoms with E-state index in [1.165, 1.54) is 6.08 Å². The molecule has 0 bridgehead atoms. The summed E-state index contributed by atoms with van der Waals surface area (Å²) in [5.41, 5.74) is 0.549. The van der Waals surface area contributed by atoms with Crippen LogP contribution in [0.25, 0.3) is 0 Å². The maximum absolute atomic E-state index is 11.5. The summed E-state index contributed by atoms with van der Waals surface area (Å²) in [6, 6.07) is 6.48. The first kappa shape index (κ1) is 11.1. The lowest BCUT2D eigenvalue weighted by Gasteiger charge is -2.08. The number of carbonyl (C=O) groups is 1. The van der Waals surface area contributed by atoms with Crippen LogP contribution in [0.1, 0.15) is 24.2 Å². The second kappa shape index (κ2) is 5.08.